The van der Waals surface area contributed by atoms with Crippen molar-refractivity contribution in [2.24, 2.45) is 0 Å². The predicted molar refractivity (Wildman–Crippen MR) is 109 cm³/mol. The van der Waals surface area contributed by atoms with E-state index in [4.69, 9.17) is 4.74 Å². The van der Waals surface area contributed by atoms with Crippen molar-refractivity contribution >= 4 is 27.5 Å². The molecule has 3 aromatic rings. The van der Waals surface area contributed by atoms with E-state index in [0.717, 1.165) is 34.3 Å². The molecule has 1 amide bonds. The molecule has 1 N–H and O–H groups in total. The van der Waals surface area contributed by atoms with Gasteiger partial charge in [0.1, 0.15) is 12.4 Å². The first-order valence-corrected chi connectivity index (χ1v) is 9.65. The minimum atomic E-state index is -0.422. The largest absolute Gasteiger partial charge is 0.487 e. The van der Waals surface area contributed by atoms with E-state index in [0.29, 0.717) is 12.4 Å². The van der Waals surface area contributed by atoms with Crippen molar-refractivity contribution in [2.75, 3.05) is 5.32 Å². The molecule has 0 unspecified atom stereocenters. The van der Waals surface area contributed by atoms with Crippen LogP contribution < -0.4 is 10.1 Å². The number of halogens is 1. The second-order valence-electron chi connectivity index (χ2n) is 6.68. The highest BCUT2D eigenvalue weighted by molar-refractivity contribution is 9.10. The number of aromatic nitrogens is 1. The van der Waals surface area contributed by atoms with Gasteiger partial charge >= 0.3 is 0 Å². The average molecular weight is 423 g/mol. The van der Waals surface area contributed by atoms with E-state index in [-0.39, 0.29) is 5.91 Å². The number of nitrogens with zero attached hydrogens (tertiary/aromatic N) is 1. The minimum Gasteiger partial charge on any atom is -0.487 e. The second kappa shape index (κ2) is 7.53. The Balaban J connectivity index is 1.44. The molecular weight excluding hydrogens is 404 g/mol. The summed E-state index contributed by atoms with van der Waals surface area (Å²) in [6, 6.07) is 21.2. The lowest BCUT2D eigenvalue weighted by molar-refractivity contribution is -0.118. The standard InChI is InChI=1S/C22H19BrN2O2/c23-17-6-3-5-16(13-17)22(10-11-22)21(26)25-18-8-4-9-20(14-18)27-15-19-7-1-2-12-24-19/h1-9,12-14H,10-11,15H2,(H,25,26). The van der Waals surface area contributed by atoms with E-state index in [9.17, 15) is 4.79 Å². The first-order valence-electron chi connectivity index (χ1n) is 8.86. The molecule has 4 rings (SSSR count). The highest BCUT2D eigenvalue weighted by atomic mass is 79.9. The summed E-state index contributed by atoms with van der Waals surface area (Å²) >= 11 is 3.49. The van der Waals surface area contributed by atoms with Crippen LogP contribution >= 0.6 is 15.9 Å². The Kier molecular flexibility index (Phi) is 4.94. The SMILES string of the molecule is O=C(Nc1cccc(OCc2ccccn2)c1)C1(c2cccc(Br)c2)CC1. The number of amides is 1. The van der Waals surface area contributed by atoms with Crippen LogP contribution in [0.4, 0.5) is 5.69 Å². The molecule has 1 heterocycles. The zero-order valence-electron chi connectivity index (χ0n) is 14.7. The first-order chi connectivity index (χ1) is 13.2. The summed E-state index contributed by atoms with van der Waals surface area (Å²) in [6.45, 7) is 0.389. The van der Waals surface area contributed by atoms with Gasteiger partial charge < -0.3 is 10.1 Å². The lowest BCUT2D eigenvalue weighted by Crippen LogP contribution is -2.27. The van der Waals surface area contributed by atoms with Gasteiger partial charge in [-0.3, -0.25) is 9.78 Å². The Labute approximate surface area is 166 Å². The fourth-order valence-corrected chi connectivity index (χ4v) is 3.51. The van der Waals surface area contributed by atoms with Gasteiger partial charge in [-0.2, -0.15) is 0 Å². The number of carbonyl (C=O) groups is 1. The molecule has 1 saturated carbocycles. The van der Waals surface area contributed by atoms with Crippen LogP contribution in [0, 0.1) is 0 Å². The molecule has 1 aromatic heterocycles. The molecule has 0 spiro atoms. The normalized spacial score (nSPS) is 14.4. The van der Waals surface area contributed by atoms with Crippen LogP contribution in [0.1, 0.15) is 24.1 Å². The summed E-state index contributed by atoms with van der Waals surface area (Å²) in [5.74, 6) is 0.730. The van der Waals surface area contributed by atoms with Crippen molar-refractivity contribution in [3.63, 3.8) is 0 Å². The molecule has 0 atom stereocenters. The van der Waals surface area contributed by atoms with Gasteiger partial charge in [0, 0.05) is 22.4 Å². The monoisotopic (exact) mass is 422 g/mol. The zero-order chi connectivity index (χ0) is 18.7. The third kappa shape index (κ3) is 4.03. The number of nitrogens with one attached hydrogen (secondary N) is 1. The fourth-order valence-electron chi connectivity index (χ4n) is 3.11. The Morgan fingerprint density at radius 3 is 2.67 bits per heavy atom. The van der Waals surface area contributed by atoms with E-state index in [1.165, 1.54) is 0 Å². The molecule has 2 aromatic carbocycles. The van der Waals surface area contributed by atoms with Gasteiger partial charge in [-0.15, -0.1) is 0 Å². The van der Waals surface area contributed by atoms with Gasteiger partial charge in [0.25, 0.3) is 0 Å². The smallest absolute Gasteiger partial charge is 0.235 e. The number of anilines is 1. The summed E-state index contributed by atoms with van der Waals surface area (Å²) in [5, 5.41) is 3.05. The molecule has 0 saturated heterocycles. The molecule has 0 bridgehead atoms. The van der Waals surface area contributed by atoms with Gasteiger partial charge in [0.15, 0.2) is 0 Å². The van der Waals surface area contributed by atoms with E-state index in [2.05, 4.69) is 26.2 Å². The van der Waals surface area contributed by atoms with Crippen molar-refractivity contribution in [1.29, 1.82) is 0 Å². The highest BCUT2D eigenvalue weighted by Crippen LogP contribution is 2.49. The third-order valence-electron chi connectivity index (χ3n) is 4.77. The van der Waals surface area contributed by atoms with Gasteiger partial charge in [-0.1, -0.05) is 40.2 Å². The van der Waals surface area contributed by atoms with Crippen LogP contribution in [0.3, 0.4) is 0 Å². The number of hydrogen-bond donors (Lipinski definition) is 1. The van der Waals surface area contributed by atoms with Gasteiger partial charge in [0.05, 0.1) is 11.1 Å². The Bertz CT molecular complexity index is 955. The third-order valence-corrected chi connectivity index (χ3v) is 5.26. The van der Waals surface area contributed by atoms with Crippen LogP contribution in [-0.2, 0) is 16.8 Å². The molecule has 1 fully saturated rings. The van der Waals surface area contributed by atoms with Gasteiger partial charge in [-0.25, -0.2) is 0 Å². The lowest BCUT2D eigenvalue weighted by atomic mass is 9.95. The first kappa shape index (κ1) is 17.7. The number of carbonyl (C=O) groups excluding carboxylic acids is 1. The molecule has 0 aliphatic heterocycles. The molecule has 1 aliphatic carbocycles. The van der Waals surface area contributed by atoms with Crippen molar-refractivity contribution in [2.45, 2.75) is 24.9 Å². The van der Waals surface area contributed by atoms with Crippen LogP contribution in [0.5, 0.6) is 5.75 Å². The summed E-state index contributed by atoms with van der Waals surface area (Å²) in [5.41, 5.74) is 2.23. The summed E-state index contributed by atoms with van der Waals surface area (Å²) in [4.78, 5) is 17.2. The van der Waals surface area contributed by atoms with E-state index in [1.54, 1.807) is 6.20 Å². The predicted octanol–water partition coefficient (Wildman–Crippen LogP) is 5.09. The number of pyridine rings is 1. The molecule has 136 valence electrons. The molecule has 5 heteroatoms. The molecule has 0 radical (unpaired) electrons. The molecule has 1 aliphatic rings. The quantitative estimate of drug-likeness (QED) is 0.601. The Morgan fingerprint density at radius 1 is 1.07 bits per heavy atom. The Hall–Kier alpha value is -2.66. The number of benzene rings is 2. The van der Waals surface area contributed by atoms with Crippen LogP contribution in [0.2, 0.25) is 0 Å². The van der Waals surface area contributed by atoms with Crippen LogP contribution in [0.15, 0.2) is 77.4 Å². The second-order valence-corrected chi connectivity index (χ2v) is 7.60. The molecule has 4 nitrogen and oxygen atoms in total. The fraction of sp³-hybridized carbons (Fsp3) is 0.182. The number of hydrogen-bond acceptors (Lipinski definition) is 3. The summed E-state index contributed by atoms with van der Waals surface area (Å²) < 4.78 is 6.79. The number of ether oxygens (including phenoxy) is 1. The van der Waals surface area contributed by atoms with Crippen molar-refractivity contribution in [3.05, 3.63) is 88.7 Å². The van der Waals surface area contributed by atoms with E-state index in [1.807, 2.05) is 66.7 Å². The zero-order valence-corrected chi connectivity index (χ0v) is 16.3. The maximum atomic E-state index is 12.9. The van der Waals surface area contributed by atoms with Crippen molar-refractivity contribution < 1.29 is 9.53 Å². The average Bonchev–Trinajstić information content (AvgIpc) is 3.50. The topological polar surface area (TPSA) is 51.2 Å². The maximum Gasteiger partial charge on any atom is 0.235 e. The van der Waals surface area contributed by atoms with Gasteiger partial charge in [-0.05, 0) is 54.8 Å². The van der Waals surface area contributed by atoms with E-state index < -0.39 is 5.41 Å². The maximum absolute atomic E-state index is 12.9. The van der Waals surface area contributed by atoms with Crippen LogP contribution in [0.25, 0.3) is 0 Å². The van der Waals surface area contributed by atoms with Crippen molar-refractivity contribution in [1.82, 2.24) is 4.98 Å². The van der Waals surface area contributed by atoms with Crippen molar-refractivity contribution in [3.8, 4) is 5.75 Å². The number of rotatable bonds is 6. The molecular formula is C22H19BrN2O2. The summed E-state index contributed by atoms with van der Waals surface area (Å²) in [6.07, 6.45) is 3.47. The summed E-state index contributed by atoms with van der Waals surface area (Å²) in [7, 11) is 0. The lowest BCUT2D eigenvalue weighted by Gasteiger charge is -2.16. The van der Waals surface area contributed by atoms with Gasteiger partial charge in [0.2, 0.25) is 5.91 Å². The minimum absolute atomic E-state index is 0.0301. The van der Waals surface area contributed by atoms with Crippen LogP contribution in [-0.4, -0.2) is 10.9 Å². The Morgan fingerprint density at radius 2 is 1.93 bits per heavy atom. The molecule has 27 heavy (non-hydrogen) atoms. The highest BCUT2D eigenvalue weighted by Gasteiger charge is 2.51. The van der Waals surface area contributed by atoms with E-state index >= 15 is 0 Å².